The third kappa shape index (κ3) is 6.37. The number of hydrogen-bond acceptors (Lipinski definition) is 7. The van der Waals surface area contributed by atoms with E-state index in [4.69, 9.17) is 28.4 Å². The Morgan fingerprint density at radius 1 is 0.828 bits per heavy atom. The van der Waals surface area contributed by atoms with Gasteiger partial charge in [0, 0.05) is 31.4 Å². The molecule has 0 saturated carbocycles. The lowest BCUT2D eigenvalue weighted by Gasteiger charge is -2.17. The predicted molar refractivity (Wildman–Crippen MR) is 109 cm³/mol. The number of benzene rings is 2. The molecule has 158 valence electrons. The average Bonchev–Trinajstić information content (AvgIpc) is 2.76. The molecule has 7 nitrogen and oxygen atoms in total. The van der Waals surface area contributed by atoms with Crippen LogP contribution in [0.1, 0.15) is 30.1 Å². The summed E-state index contributed by atoms with van der Waals surface area (Å²) in [4.78, 5) is 12.0. The molecule has 0 unspecified atom stereocenters. The summed E-state index contributed by atoms with van der Waals surface area (Å²) in [5.41, 5.74) is 1.78. The Labute approximate surface area is 171 Å². The normalized spacial score (nSPS) is 10.5. The molecular weight excluding hydrogens is 376 g/mol. The van der Waals surface area contributed by atoms with Crippen LogP contribution < -0.4 is 14.2 Å². The molecule has 0 atom stereocenters. The lowest BCUT2D eigenvalue weighted by molar-refractivity contribution is 0.0498. The smallest absolute Gasteiger partial charge is 0.337 e. The van der Waals surface area contributed by atoms with Crippen molar-refractivity contribution in [2.75, 3.05) is 41.5 Å². The Morgan fingerprint density at radius 3 is 2.21 bits per heavy atom. The van der Waals surface area contributed by atoms with Crippen LogP contribution in [0.3, 0.4) is 0 Å². The van der Waals surface area contributed by atoms with Gasteiger partial charge in [-0.3, -0.25) is 0 Å². The molecule has 0 amide bonds. The number of unbranched alkanes of at least 4 members (excludes halogenated alkanes) is 1. The SMILES string of the molecule is CCCCOc1ccc(-c2cc(C(=O)OC)ccc2OCOC)c(OCOC)c1. The fourth-order valence-corrected chi connectivity index (χ4v) is 2.62. The van der Waals surface area contributed by atoms with E-state index in [1.165, 1.54) is 14.2 Å². The third-order valence-electron chi connectivity index (χ3n) is 4.08. The van der Waals surface area contributed by atoms with Crippen molar-refractivity contribution in [1.29, 1.82) is 0 Å². The van der Waals surface area contributed by atoms with Gasteiger partial charge in [-0.15, -0.1) is 0 Å². The molecule has 0 aliphatic carbocycles. The number of carbonyl (C=O) groups excluding carboxylic acids is 1. The van der Waals surface area contributed by atoms with Crippen LogP contribution in [-0.2, 0) is 14.2 Å². The highest BCUT2D eigenvalue weighted by Gasteiger charge is 2.17. The van der Waals surface area contributed by atoms with Crippen LogP contribution in [0.5, 0.6) is 17.2 Å². The minimum atomic E-state index is -0.441. The molecule has 0 aliphatic rings. The van der Waals surface area contributed by atoms with Crippen LogP contribution in [-0.4, -0.2) is 47.5 Å². The summed E-state index contributed by atoms with van der Waals surface area (Å²) in [6, 6.07) is 10.6. The van der Waals surface area contributed by atoms with E-state index in [0.717, 1.165) is 18.4 Å². The van der Waals surface area contributed by atoms with Gasteiger partial charge in [0.15, 0.2) is 13.6 Å². The zero-order chi connectivity index (χ0) is 21.1. The minimum absolute atomic E-state index is 0.0658. The van der Waals surface area contributed by atoms with Crippen molar-refractivity contribution in [2.24, 2.45) is 0 Å². The first-order valence-corrected chi connectivity index (χ1v) is 9.37. The van der Waals surface area contributed by atoms with E-state index in [9.17, 15) is 4.79 Å². The topological polar surface area (TPSA) is 72.5 Å². The molecule has 0 aliphatic heterocycles. The van der Waals surface area contributed by atoms with Gasteiger partial charge >= 0.3 is 5.97 Å². The third-order valence-corrected chi connectivity index (χ3v) is 4.08. The van der Waals surface area contributed by atoms with Crippen LogP contribution in [0.4, 0.5) is 0 Å². The van der Waals surface area contributed by atoms with Gasteiger partial charge < -0.3 is 28.4 Å². The summed E-state index contributed by atoms with van der Waals surface area (Å²) in [5.74, 6) is 1.34. The van der Waals surface area contributed by atoms with Crippen molar-refractivity contribution in [2.45, 2.75) is 19.8 Å². The molecule has 2 rings (SSSR count). The maximum absolute atomic E-state index is 12.0. The lowest BCUT2D eigenvalue weighted by Crippen LogP contribution is -2.06. The van der Waals surface area contributed by atoms with Crippen molar-refractivity contribution >= 4 is 5.97 Å². The second-order valence-electron chi connectivity index (χ2n) is 6.16. The van der Waals surface area contributed by atoms with Crippen LogP contribution in [0.25, 0.3) is 11.1 Å². The number of hydrogen-bond donors (Lipinski definition) is 0. The molecule has 0 aromatic heterocycles. The molecule has 0 N–H and O–H groups in total. The van der Waals surface area contributed by atoms with Gasteiger partial charge in [-0.05, 0) is 36.8 Å². The molecule has 0 spiro atoms. The van der Waals surface area contributed by atoms with Gasteiger partial charge in [-0.25, -0.2) is 4.79 Å². The molecular formula is C22H28O7. The zero-order valence-electron chi connectivity index (χ0n) is 17.4. The second kappa shape index (κ2) is 11.9. The molecule has 0 fully saturated rings. The first kappa shape index (κ1) is 22.5. The number of rotatable bonds is 12. The standard InChI is InChI=1S/C22H28O7/c1-5-6-11-27-17-8-9-18(21(13-17)29-15-25-3)19-12-16(22(23)26-4)7-10-20(19)28-14-24-2/h7-10,12-13H,5-6,11,14-15H2,1-4H3. The minimum Gasteiger partial charge on any atom is -0.493 e. The second-order valence-corrected chi connectivity index (χ2v) is 6.16. The molecule has 2 aromatic carbocycles. The summed E-state index contributed by atoms with van der Waals surface area (Å²) in [6.45, 7) is 2.86. The van der Waals surface area contributed by atoms with Gasteiger partial charge in [-0.2, -0.15) is 0 Å². The van der Waals surface area contributed by atoms with Crippen LogP contribution in [0, 0.1) is 0 Å². The molecule has 0 radical (unpaired) electrons. The number of carbonyl (C=O) groups is 1. The first-order chi connectivity index (χ1) is 14.1. The highest BCUT2D eigenvalue weighted by atomic mass is 16.7. The summed E-state index contributed by atoms with van der Waals surface area (Å²) in [5, 5.41) is 0. The van der Waals surface area contributed by atoms with Crippen molar-refractivity contribution in [3.05, 3.63) is 42.0 Å². The van der Waals surface area contributed by atoms with E-state index >= 15 is 0 Å². The van der Waals surface area contributed by atoms with E-state index in [2.05, 4.69) is 6.92 Å². The van der Waals surface area contributed by atoms with Crippen molar-refractivity contribution < 1.29 is 33.2 Å². The highest BCUT2D eigenvalue weighted by molar-refractivity contribution is 5.92. The van der Waals surface area contributed by atoms with Crippen LogP contribution in [0.2, 0.25) is 0 Å². The Morgan fingerprint density at radius 2 is 1.55 bits per heavy atom. The van der Waals surface area contributed by atoms with Gasteiger partial charge in [-0.1, -0.05) is 13.3 Å². The highest BCUT2D eigenvalue weighted by Crippen LogP contribution is 2.39. The monoisotopic (exact) mass is 404 g/mol. The molecule has 7 heteroatoms. The van der Waals surface area contributed by atoms with Crippen molar-refractivity contribution in [1.82, 2.24) is 0 Å². The maximum Gasteiger partial charge on any atom is 0.337 e. The summed E-state index contributed by atoms with van der Waals surface area (Å²) in [7, 11) is 4.43. The molecule has 2 aromatic rings. The van der Waals surface area contributed by atoms with Gasteiger partial charge in [0.25, 0.3) is 0 Å². The number of methoxy groups -OCH3 is 3. The molecule has 0 bridgehead atoms. The van der Waals surface area contributed by atoms with Crippen molar-refractivity contribution in [3.8, 4) is 28.4 Å². The largest absolute Gasteiger partial charge is 0.493 e. The Bertz CT molecular complexity index is 789. The molecule has 0 saturated heterocycles. The van der Waals surface area contributed by atoms with Crippen LogP contribution >= 0.6 is 0 Å². The zero-order valence-corrected chi connectivity index (χ0v) is 17.4. The number of esters is 1. The van der Waals surface area contributed by atoms with Gasteiger partial charge in [0.1, 0.15) is 17.2 Å². The summed E-state index contributed by atoms with van der Waals surface area (Å²) >= 11 is 0. The number of ether oxygens (including phenoxy) is 6. The quantitative estimate of drug-likeness (QED) is 0.297. The molecule has 0 heterocycles. The Kier molecular flexibility index (Phi) is 9.27. The Balaban J connectivity index is 2.48. The Hall–Kier alpha value is -2.77. The maximum atomic E-state index is 12.0. The van der Waals surface area contributed by atoms with E-state index in [-0.39, 0.29) is 13.6 Å². The molecule has 29 heavy (non-hydrogen) atoms. The van der Waals surface area contributed by atoms with Crippen molar-refractivity contribution in [3.63, 3.8) is 0 Å². The average molecular weight is 404 g/mol. The van der Waals surface area contributed by atoms with E-state index in [0.29, 0.717) is 35.0 Å². The lowest BCUT2D eigenvalue weighted by atomic mass is 10.0. The van der Waals surface area contributed by atoms with E-state index in [1.54, 1.807) is 31.4 Å². The van der Waals surface area contributed by atoms with E-state index < -0.39 is 5.97 Å². The fraction of sp³-hybridized carbons (Fsp3) is 0.409. The summed E-state index contributed by atoms with van der Waals surface area (Å²) < 4.78 is 32.2. The summed E-state index contributed by atoms with van der Waals surface area (Å²) in [6.07, 6.45) is 2.01. The van der Waals surface area contributed by atoms with E-state index in [1.807, 2.05) is 12.1 Å². The first-order valence-electron chi connectivity index (χ1n) is 9.37. The van der Waals surface area contributed by atoms with Gasteiger partial charge in [0.05, 0.1) is 19.3 Å². The predicted octanol–water partition coefficient (Wildman–Crippen LogP) is 4.28. The fourth-order valence-electron chi connectivity index (χ4n) is 2.62. The van der Waals surface area contributed by atoms with Gasteiger partial charge in [0.2, 0.25) is 0 Å². The van der Waals surface area contributed by atoms with Crippen LogP contribution in [0.15, 0.2) is 36.4 Å².